The van der Waals surface area contributed by atoms with Crippen LogP contribution in [0.2, 0.25) is 0 Å². The number of methoxy groups -OCH3 is 1. The fourth-order valence-corrected chi connectivity index (χ4v) is 5.36. The van der Waals surface area contributed by atoms with Gasteiger partial charge in [-0.25, -0.2) is 0 Å². The van der Waals surface area contributed by atoms with Crippen molar-refractivity contribution in [2.24, 2.45) is 11.8 Å². The molecule has 2 aromatic carbocycles. The van der Waals surface area contributed by atoms with E-state index in [1.807, 2.05) is 58.2 Å². The van der Waals surface area contributed by atoms with Crippen LogP contribution in [0.15, 0.2) is 41.3 Å². The lowest BCUT2D eigenvalue weighted by Gasteiger charge is -2.26. The number of hydrogen-bond acceptors (Lipinski definition) is 6. The summed E-state index contributed by atoms with van der Waals surface area (Å²) in [5.41, 5.74) is 3.26. The number of ketones is 2. The van der Waals surface area contributed by atoms with Gasteiger partial charge in [-0.15, -0.1) is 11.8 Å². The number of Topliss-reactive ketones (excluding diaryl/α,β-unsaturated/α-hetero) is 2. The molecule has 0 radical (unpaired) electrons. The van der Waals surface area contributed by atoms with Crippen molar-refractivity contribution in [3.63, 3.8) is 0 Å². The summed E-state index contributed by atoms with van der Waals surface area (Å²) < 4.78 is 11.4. The number of carbonyl (C=O) groups is 2. The van der Waals surface area contributed by atoms with Crippen LogP contribution in [0.25, 0.3) is 0 Å². The molecule has 1 aliphatic heterocycles. The molecule has 1 heterocycles. The second kappa shape index (κ2) is 12.4. The largest absolute Gasteiger partial charge is 0.480 e. The summed E-state index contributed by atoms with van der Waals surface area (Å²) in [6.45, 7) is 12.5. The second-order valence-corrected chi connectivity index (χ2v) is 11.4. The first-order chi connectivity index (χ1) is 17.1. The SMILES string of the molecule is COCCN1C[C@@H](CCc2cc(C)c(OC(C)(C)C(C)=O)c(C)c2)[C@H](C(=O)c2ccc(SC)cc2)C1. The molecule has 3 rings (SSSR count). The molecule has 1 aliphatic rings. The molecule has 0 aliphatic carbocycles. The first-order valence-corrected chi connectivity index (χ1v) is 14.0. The van der Waals surface area contributed by atoms with E-state index in [0.29, 0.717) is 12.5 Å². The molecule has 0 spiro atoms. The molecule has 0 bridgehead atoms. The maximum atomic E-state index is 13.5. The highest BCUT2D eigenvalue weighted by atomic mass is 32.2. The molecule has 196 valence electrons. The standard InChI is InChI=1S/C30H41NO4S/c1-20-16-23(17-21(2)29(20)35-30(4,5)22(3)32)8-9-25-18-31(14-15-34-6)19-27(25)28(33)24-10-12-26(36-7)13-11-24/h10-13,16-17,25,27H,8-9,14-15,18-19H2,1-7H3/t25-,27-/m1/s1. The van der Waals surface area contributed by atoms with Gasteiger partial charge in [0.05, 0.1) is 6.61 Å². The predicted molar refractivity (Wildman–Crippen MR) is 147 cm³/mol. The van der Waals surface area contributed by atoms with Crippen molar-refractivity contribution in [2.45, 2.75) is 58.0 Å². The van der Waals surface area contributed by atoms with Crippen molar-refractivity contribution in [3.05, 3.63) is 58.7 Å². The molecule has 1 saturated heterocycles. The highest BCUT2D eigenvalue weighted by Gasteiger charge is 2.37. The van der Waals surface area contributed by atoms with Gasteiger partial charge >= 0.3 is 0 Å². The van der Waals surface area contributed by atoms with Gasteiger partial charge in [0, 0.05) is 43.1 Å². The van der Waals surface area contributed by atoms with Crippen molar-refractivity contribution in [1.82, 2.24) is 4.90 Å². The Kier molecular flexibility index (Phi) is 9.79. The maximum Gasteiger partial charge on any atom is 0.172 e. The molecule has 36 heavy (non-hydrogen) atoms. The fourth-order valence-electron chi connectivity index (χ4n) is 4.95. The number of likely N-dealkylation sites (tertiary alicyclic amines) is 1. The maximum absolute atomic E-state index is 13.5. The predicted octanol–water partition coefficient (Wildman–Crippen LogP) is 5.78. The van der Waals surface area contributed by atoms with Crippen LogP contribution >= 0.6 is 11.8 Å². The van der Waals surface area contributed by atoms with Gasteiger partial charge in [0.15, 0.2) is 17.2 Å². The Hall–Kier alpha value is -2.15. The summed E-state index contributed by atoms with van der Waals surface area (Å²) in [4.78, 5) is 29.0. The average molecular weight is 512 g/mol. The molecule has 5 nitrogen and oxygen atoms in total. The number of hydrogen-bond donors (Lipinski definition) is 0. The van der Waals surface area contributed by atoms with Crippen LogP contribution in [0, 0.1) is 25.7 Å². The lowest BCUT2D eigenvalue weighted by molar-refractivity contribution is -0.129. The topological polar surface area (TPSA) is 55.8 Å². The van der Waals surface area contributed by atoms with Crippen molar-refractivity contribution >= 4 is 23.3 Å². The molecule has 0 amide bonds. The molecule has 0 unspecified atom stereocenters. The van der Waals surface area contributed by atoms with Crippen molar-refractivity contribution in [1.29, 1.82) is 0 Å². The summed E-state index contributed by atoms with van der Waals surface area (Å²) >= 11 is 1.69. The molecule has 0 N–H and O–H groups in total. The molecular formula is C30H41NO4S. The number of thioether (sulfide) groups is 1. The molecule has 1 fully saturated rings. The van der Waals surface area contributed by atoms with Gasteiger partial charge in [0.25, 0.3) is 0 Å². The number of nitrogens with zero attached hydrogens (tertiary/aromatic N) is 1. The van der Waals surface area contributed by atoms with Crippen molar-refractivity contribution in [3.8, 4) is 5.75 Å². The van der Waals surface area contributed by atoms with E-state index in [9.17, 15) is 9.59 Å². The third kappa shape index (κ3) is 6.99. The van der Waals surface area contributed by atoms with Gasteiger partial charge in [0.2, 0.25) is 0 Å². The van der Waals surface area contributed by atoms with E-state index in [-0.39, 0.29) is 17.5 Å². The molecule has 2 atom stereocenters. The number of carbonyl (C=O) groups excluding carboxylic acids is 2. The van der Waals surface area contributed by atoms with E-state index >= 15 is 0 Å². The minimum atomic E-state index is -0.853. The van der Waals surface area contributed by atoms with E-state index in [1.54, 1.807) is 25.8 Å². The van der Waals surface area contributed by atoms with E-state index in [4.69, 9.17) is 9.47 Å². The number of aryl methyl sites for hydroxylation is 3. The highest BCUT2D eigenvalue weighted by Crippen LogP contribution is 2.33. The Morgan fingerprint density at radius 2 is 1.72 bits per heavy atom. The van der Waals surface area contributed by atoms with Crippen LogP contribution in [0.3, 0.4) is 0 Å². The normalized spacial score (nSPS) is 18.4. The van der Waals surface area contributed by atoms with E-state index in [2.05, 4.69) is 17.0 Å². The van der Waals surface area contributed by atoms with Gasteiger partial charge in [0.1, 0.15) is 5.75 Å². The van der Waals surface area contributed by atoms with Gasteiger partial charge < -0.3 is 14.4 Å². The molecule has 6 heteroatoms. The molecule has 2 aromatic rings. The van der Waals surface area contributed by atoms with E-state index in [0.717, 1.165) is 54.9 Å². The smallest absolute Gasteiger partial charge is 0.172 e. The van der Waals surface area contributed by atoms with Crippen LogP contribution < -0.4 is 4.74 Å². The third-order valence-electron chi connectivity index (χ3n) is 7.37. The zero-order valence-corrected chi connectivity index (χ0v) is 23.7. The Morgan fingerprint density at radius 1 is 1.08 bits per heavy atom. The highest BCUT2D eigenvalue weighted by molar-refractivity contribution is 7.98. The van der Waals surface area contributed by atoms with Crippen molar-refractivity contribution in [2.75, 3.05) is 39.6 Å². The Bertz CT molecular complexity index is 1040. The van der Waals surface area contributed by atoms with Gasteiger partial charge in [-0.2, -0.15) is 0 Å². The quantitative estimate of drug-likeness (QED) is 0.266. The van der Waals surface area contributed by atoms with Crippen LogP contribution in [-0.2, 0) is 16.0 Å². The summed E-state index contributed by atoms with van der Waals surface area (Å²) in [7, 11) is 1.72. The second-order valence-electron chi connectivity index (χ2n) is 10.5. The summed E-state index contributed by atoms with van der Waals surface area (Å²) in [5, 5.41) is 0. The molecule has 0 saturated carbocycles. The Morgan fingerprint density at radius 3 is 2.28 bits per heavy atom. The Balaban J connectivity index is 1.74. The number of rotatable bonds is 12. The zero-order chi connectivity index (χ0) is 26.5. The lowest BCUT2D eigenvalue weighted by atomic mass is 9.84. The van der Waals surface area contributed by atoms with Gasteiger partial charge in [-0.3, -0.25) is 9.59 Å². The van der Waals surface area contributed by atoms with Gasteiger partial charge in [-0.1, -0.05) is 24.3 Å². The number of benzene rings is 2. The average Bonchev–Trinajstić information content (AvgIpc) is 3.26. The fraction of sp³-hybridized carbons (Fsp3) is 0.533. The van der Waals surface area contributed by atoms with Crippen LogP contribution in [0.4, 0.5) is 0 Å². The van der Waals surface area contributed by atoms with Crippen LogP contribution in [0.1, 0.15) is 54.2 Å². The third-order valence-corrected chi connectivity index (χ3v) is 8.11. The molecule has 0 aromatic heterocycles. The molecular weight excluding hydrogens is 470 g/mol. The summed E-state index contributed by atoms with van der Waals surface area (Å²) in [5.74, 6) is 1.32. The van der Waals surface area contributed by atoms with Crippen LogP contribution in [-0.4, -0.2) is 61.7 Å². The first kappa shape index (κ1) is 28.4. The number of ether oxygens (including phenoxy) is 2. The Labute approximate surface area is 220 Å². The minimum Gasteiger partial charge on any atom is -0.480 e. The minimum absolute atomic E-state index is 0.00318. The van der Waals surface area contributed by atoms with Crippen molar-refractivity contribution < 1.29 is 19.1 Å². The summed E-state index contributed by atoms with van der Waals surface area (Å²) in [6.07, 6.45) is 3.89. The summed E-state index contributed by atoms with van der Waals surface area (Å²) in [6, 6.07) is 12.3. The lowest BCUT2D eigenvalue weighted by Crippen LogP contribution is -2.36. The van der Waals surface area contributed by atoms with E-state index < -0.39 is 5.60 Å². The van der Waals surface area contributed by atoms with E-state index in [1.165, 1.54) is 10.5 Å². The zero-order valence-electron chi connectivity index (χ0n) is 22.8. The monoisotopic (exact) mass is 511 g/mol. The first-order valence-electron chi connectivity index (χ1n) is 12.8. The van der Waals surface area contributed by atoms with Crippen LogP contribution in [0.5, 0.6) is 5.75 Å². The van der Waals surface area contributed by atoms with Gasteiger partial charge in [-0.05, 0) is 88.5 Å².